The Hall–Kier alpha value is -1.36. The van der Waals surface area contributed by atoms with Crippen LogP contribution in [0.1, 0.15) is 25.3 Å². The van der Waals surface area contributed by atoms with E-state index in [4.69, 9.17) is 0 Å². The molecule has 1 N–H and O–H groups in total. The summed E-state index contributed by atoms with van der Waals surface area (Å²) in [6.45, 7) is 2.70. The molecule has 0 unspecified atom stereocenters. The smallest absolute Gasteiger partial charge is 0.224 e. The van der Waals surface area contributed by atoms with Crippen LogP contribution in [0.25, 0.3) is 0 Å². The van der Waals surface area contributed by atoms with Crippen LogP contribution >= 0.6 is 15.9 Å². The zero-order valence-electron chi connectivity index (χ0n) is 11.6. The molecule has 0 atom stereocenters. The average Bonchev–Trinajstić information content (AvgIpc) is 3.18. The van der Waals surface area contributed by atoms with Crippen LogP contribution in [0.3, 0.4) is 0 Å². The summed E-state index contributed by atoms with van der Waals surface area (Å²) in [5.74, 6) is 0.0798. The fourth-order valence-electron chi connectivity index (χ4n) is 2.19. The molecule has 0 radical (unpaired) electrons. The molecule has 0 bridgehead atoms. The van der Waals surface area contributed by atoms with Gasteiger partial charge in [0.25, 0.3) is 0 Å². The van der Waals surface area contributed by atoms with Gasteiger partial charge in [-0.2, -0.15) is 0 Å². The molecule has 5 heteroatoms. The first kappa shape index (κ1) is 15.0. The molecule has 0 saturated heterocycles. The lowest BCUT2D eigenvalue weighted by atomic mass is 10.1. The summed E-state index contributed by atoms with van der Waals surface area (Å²) in [6, 6.07) is 8.11. The Kier molecular flexibility index (Phi) is 5.17. The molecule has 1 aliphatic carbocycles. The molecule has 1 aliphatic rings. The zero-order chi connectivity index (χ0) is 14.5. The SMILES string of the molecule is CC(=O)N(CCNC(=O)Cc1cccc(Br)c1)C1CC1. The minimum atomic E-state index is -0.0117. The molecule has 0 heterocycles. The third-order valence-electron chi connectivity index (χ3n) is 3.32. The van der Waals surface area contributed by atoms with E-state index in [9.17, 15) is 9.59 Å². The van der Waals surface area contributed by atoms with Crippen molar-refractivity contribution in [3.05, 3.63) is 34.3 Å². The van der Waals surface area contributed by atoms with Crippen molar-refractivity contribution >= 4 is 27.7 Å². The molecular formula is C15H19BrN2O2. The van der Waals surface area contributed by atoms with Crippen LogP contribution in [0.15, 0.2) is 28.7 Å². The van der Waals surface area contributed by atoms with E-state index in [0.29, 0.717) is 25.6 Å². The highest BCUT2D eigenvalue weighted by molar-refractivity contribution is 9.10. The van der Waals surface area contributed by atoms with E-state index in [1.807, 2.05) is 29.2 Å². The summed E-state index contributed by atoms with van der Waals surface area (Å²) >= 11 is 3.39. The van der Waals surface area contributed by atoms with E-state index in [1.54, 1.807) is 6.92 Å². The lowest BCUT2D eigenvalue weighted by molar-refractivity contribution is -0.130. The maximum absolute atomic E-state index is 11.8. The number of halogens is 1. The van der Waals surface area contributed by atoms with Gasteiger partial charge in [-0.25, -0.2) is 0 Å². The van der Waals surface area contributed by atoms with Gasteiger partial charge in [-0.3, -0.25) is 9.59 Å². The van der Waals surface area contributed by atoms with Crippen molar-refractivity contribution < 1.29 is 9.59 Å². The van der Waals surface area contributed by atoms with Crippen molar-refractivity contribution in [3.63, 3.8) is 0 Å². The number of amides is 2. The number of carbonyl (C=O) groups excluding carboxylic acids is 2. The maximum atomic E-state index is 11.8. The van der Waals surface area contributed by atoms with Gasteiger partial charge in [-0.05, 0) is 30.5 Å². The zero-order valence-corrected chi connectivity index (χ0v) is 13.1. The number of hydrogen-bond acceptors (Lipinski definition) is 2. The van der Waals surface area contributed by atoms with Crippen molar-refractivity contribution in [1.29, 1.82) is 0 Å². The van der Waals surface area contributed by atoms with E-state index >= 15 is 0 Å². The van der Waals surface area contributed by atoms with Crippen LogP contribution in [0.2, 0.25) is 0 Å². The fraction of sp³-hybridized carbons (Fsp3) is 0.467. The molecule has 2 amide bonds. The minimum absolute atomic E-state index is 0.0117. The van der Waals surface area contributed by atoms with Gasteiger partial charge in [-0.15, -0.1) is 0 Å². The number of benzene rings is 1. The number of hydrogen-bond donors (Lipinski definition) is 1. The van der Waals surface area contributed by atoms with Crippen LogP contribution in [0.4, 0.5) is 0 Å². The van der Waals surface area contributed by atoms with Gasteiger partial charge in [0.15, 0.2) is 0 Å². The molecule has 0 aliphatic heterocycles. The van der Waals surface area contributed by atoms with E-state index in [1.165, 1.54) is 0 Å². The van der Waals surface area contributed by atoms with E-state index in [0.717, 1.165) is 22.9 Å². The highest BCUT2D eigenvalue weighted by Crippen LogP contribution is 2.26. The Morgan fingerprint density at radius 3 is 2.75 bits per heavy atom. The van der Waals surface area contributed by atoms with Gasteiger partial charge in [0, 0.05) is 30.5 Å². The number of nitrogens with one attached hydrogen (secondary N) is 1. The standard InChI is InChI=1S/C15H19BrN2O2/c1-11(19)18(14-5-6-14)8-7-17-15(20)10-12-3-2-4-13(16)9-12/h2-4,9,14H,5-8,10H2,1H3,(H,17,20). The summed E-state index contributed by atoms with van der Waals surface area (Å²) in [7, 11) is 0. The Balaban J connectivity index is 1.73. The van der Waals surface area contributed by atoms with Crippen molar-refractivity contribution in [2.24, 2.45) is 0 Å². The lowest BCUT2D eigenvalue weighted by Crippen LogP contribution is -2.39. The van der Waals surface area contributed by atoms with Crippen LogP contribution < -0.4 is 5.32 Å². The molecule has 1 fully saturated rings. The third kappa shape index (κ3) is 4.63. The Morgan fingerprint density at radius 1 is 1.40 bits per heavy atom. The van der Waals surface area contributed by atoms with Crippen molar-refractivity contribution in [3.8, 4) is 0 Å². The van der Waals surface area contributed by atoms with Crippen LogP contribution in [0, 0.1) is 0 Å². The molecule has 0 aromatic heterocycles. The first-order valence-electron chi connectivity index (χ1n) is 6.84. The van der Waals surface area contributed by atoms with E-state index in [-0.39, 0.29) is 11.8 Å². The highest BCUT2D eigenvalue weighted by atomic mass is 79.9. The Labute approximate surface area is 127 Å². The van der Waals surface area contributed by atoms with E-state index < -0.39 is 0 Å². The van der Waals surface area contributed by atoms with Gasteiger partial charge < -0.3 is 10.2 Å². The summed E-state index contributed by atoms with van der Waals surface area (Å²) < 4.78 is 0.972. The predicted octanol–water partition coefficient (Wildman–Crippen LogP) is 2.12. The van der Waals surface area contributed by atoms with Crippen LogP contribution in [0.5, 0.6) is 0 Å². The van der Waals surface area contributed by atoms with Crippen LogP contribution in [-0.2, 0) is 16.0 Å². The van der Waals surface area contributed by atoms with Crippen LogP contribution in [-0.4, -0.2) is 35.8 Å². The topological polar surface area (TPSA) is 49.4 Å². The predicted molar refractivity (Wildman–Crippen MR) is 81.3 cm³/mol. The van der Waals surface area contributed by atoms with Gasteiger partial charge in [0.2, 0.25) is 11.8 Å². The highest BCUT2D eigenvalue weighted by Gasteiger charge is 2.30. The van der Waals surface area contributed by atoms with Gasteiger partial charge >= 0.3 is 0 Å². The molecule has 108 valence electrons. The number of rotatable bonds is 6. The normalized spacial score (nSPS) is 13.9. The Morgan fingerprint density at radius 2 is 2.15 bits per heavy atom. The first-order chi connectivity index (χ1) is 9.56. The largest absolute Gasteiger partial charge is 0.354 e. The summed E-state index contributed by atoms with van der Waals surface area (Å²) in [5.41, 5.74) is 0.975. The summed E-state index contributed by atoms with van der Waals surface area (Å²) in [4.78, 5) is 25.1. The number of carbonyl (C=O) groups is 2. The average molecular weight is 339 g/mol. The second kappa shape index (κ2) is 6.88. The minimum Gasteiger partial charge on any atom is -0.354 e. The second-order valence-corrected chi connectivity index (χ2v) is 6.02. The molecule has 2 rings (SSSR count). The third-order valence-corrected chi connectivity index (χ3v) is 3.81. The van der Waals surface area contributed by atoms with Crippen molar-refractivity contribution in [2.45, 2.75) is 32.2 Å². The molecule has 4 nitrogen and oxygen atoms in total. The van der Waals surface area contributed by atoms with Crippen molar-refractivity contribution in [1.82, 2.24) is 10.2 Å². The monoisotopic (exact) mass is 338 g/mol. The summed E-state index contributed by atoms with van der Waals surface area (Å²) in [5, 5.41) is 2.87. The molecule has 0 spiro atoms. The number of nitrogens with zero attached hydrogens (tertiary/aromatic N) is 1. The van der Waals surface area contributed by atoms with Crippen molar-refractivity contribution in [2.75, 3.05) is 13.1 Å². The molecule has 1 aromatic carbocycles. The molecular weight excluding hydrogens is 320 g/mol. The van der Waals surface area contributed by atoms with E-state index in [2.05, 4.69) is 21.2 Å². The lowest BCUT2D eigenvalue weighted by Gasteiger charge is -2.20. The quantitative estimate of drug-likeness (QED) is 0.863. The van der Waals surface area contributed by atoms with Gasteiger partial charge in [0.1, 0.15) is 0 Å². The molecule has 20 heavy (non-hydrogen) atoms. The maximum Gasteiger partial charge on any atom is 0.224 e. The molecule has 1 aromatic rings. The Bertz CT molecular complexity index is 500. The fourth-order valence-corrected chi connectivity index (χ4v) is 2.64. The second-order valence-electron chi connectivity index (χ2n) is 5.10. The van der Waals surface area contributed by atoms with Gasteiger partial charge in [0.05, 0.1) is 6.42 Å². The summed E-state index contributed by atoms with van der Waals surface area (Å²) in [6.07, 6.45) is 2.54. The molecule has 1 saturated carbocycles. The first-order valence-corrected chi connectivity index (χ1v) is 7.64. The van der Waals surface area contributed by atoms with Gasteiger partial charge in [-0.1, -0.05) is 28.1 Å².